The number of ether oxygens (including phenoxy) is 1. The molecule has 2 aromatic rings. The van der Waals surface area contributed by atoms with E-state index in [9.17, 15) is 0 Å². The van der Waals surface area contributed by atoms with Gasteiger partial charge in [-0.25, -0.2) is 0 Å². The predicted molar refractivity (Wildman–Crippen MR) is 88.3 cm³/mol. The number of nitrogens with one attached hydrogen (secondary N) is 1. The Kier molecular flexibility index (Phi) is 4.01. The highest BCUT2D eigenvalue weighted by Crippen LogP contribution is 2.47. The van der Waals surface area contributed by atoms with Crippen LogP contribution >= 0.6 is 11.5 Å². The lowest BCUT2D eigenvalue weighted by Gasteiger charge is -2.16. The molecule has 21 heavy (non-hydrogen) atoms. The summed E-state index contributed by atoms with van der Waals surface area (Å²) in [4.78, 5) is 0. The van der Waals surface area contributed by atoms with Gasteiger partial charge in [-0.1, -0.05) is 17.7 Å². The second-order valence-corrected chi connectivity index (χ2v) is 6.53. The zero-order chi connectivity index (χ0) is 14.8. The molecule has 0 saturated heterocycles. The van der Waals surface area contributed by atoms with Gasteiger partial charge in [0.25, 0.3) is 0 Å². The monoisotopic (exact) mass is 303 g/mol. The maximum Gasteiger partial charge on any atom is 0.142 e. The average molecular weight is 303 g/mol. The minimum Gasteiger partial charge on any atom is -0.491 e. The van der Waals surface area contributed by atoms with E-state index in [2.05, 4.69) is 35.7 Å². The molecule has 1 fully saturated rings. The van der Waals surface area contributed by atoms with Crippen LogP contribution in [0.2, 0.25) is 0 Å². The second kappa shape index (κ2) is 5.93. The number of aromatic nitrogens is 1. The first-order chi connectivity index (χ1) is 10.1. The lowest BCUT2D eigenvalue weighted by Crippen LogP contribution is -2.23. The summed E-state index contributed by atoms with van der Waals surface area (Å²) in [6, 6.07) is 8.33. The summed E-state index contributed by atoms with van der Waals surface area (Å²) in [5, 5.41) is 4.59. The van der Waals surface area contributed by atoms with E-state index in [1.165, 1.54) is 35.5 Å². The standard InChI is InChI=1S/C16H21N3OS/c1-10-3-7-13(8-4-10)20-9-11(2)18-16-14(12-5-6-12)15(17)19-21-16/h3-4,7-8,11-12,18H,5-6,9H2,1-2H3,(H2,17,19). The molecule has 1 heterocycles. The maximum absolute atomic E-state index is 5.97. The zero-order valence-corrected chi connectivity index (χ0v) is 13.2. The first-order valence-corrected chi connectivity index (χ1v) is 8.12. The molecule has 5 heteroatoms. The lowest BCUT2D eigenvalue weighted by atomic mass is 10.2. The Morgan fingerprint density at radius 3 is 2.76 bits per heavy atom. The Morgan fingerprint density at radius 1 is 1.38 bits per heavy atom. The molecule has 0 aliphatic heterocycles. The number of nitrogens with zero attached hydrogens (tertiary/aromatic N) is 1. The van der Waals surface area contributed by atoms with Crippen molar-refractivity contribution in [2.24, 2.45) is 0 Å². The molecule has 0 amide bonds. The summed E-state index contributed by atoms with van der Waals surface area (Å²) < 4.78 is 10.1. The van der Waals surface area contributed by atoms with Gasteiger partial charge in [-0.05, 0) is 56.3 Å². The van der Waals surface area contributed by atoms with E-state index in [0.29, 0.717) is 18.3 Å². The molecule has 1 aromatic carbocycles. The predicted octanol–water partition coefficient (Wildman–Crippen LogP) is 3.79. The normalized spacial score (nSPS) is 15.7. The molecule has 3 rings (SSSR count). The SMILES string of the molecule is Cc1ccc(OCC(C)Nc2snc(N)c2C2CC2)cc1. The third-order valence-electron chi connectivity index (χ3n) is 3.64. The first kappa shape index (κ1) is 14.2. The molecule has 0 radical (unpaired) electrons. The van der Waals surface area contributed by atoms with E-state index in [4.69, 9.17) is 10.5 Å². The molecule has 112 valence electrons. The van der Waals surface area contributed by atoms with Crippen molar-refractivity contribution in [3.63, 3.8) is 0 Å². The third kappa shape index (κ3) is 3.47. The number of aryl methyl sites for hydroxylation is 1. The van der Waals surface area contributed by atoms with Crippen molar-refractivity contribution >= 4 is 22.4 Å². The van der Waals surface area contributed by atoms with Crippen molar-refractivity contribution in [3.8, 4) is 5.75 Å². The Morgan fingerprint density at radius 2 is 2.10 bits per heavy atom. The number of anilines is 2. The summed E-state index contributed by atoms with van der Waals surface area (Å²) in [7, 11) is 0. The highest BCUT2D eigenvalue weighted by atomic mass is 32.1. The fourth-order valence-electron chi connectivity index (χ4n) is 2.30. The smallest absolute Gasteiger partial charge is 0.142 e. The fraction of sp³-hybridized carbons (Fsp3) is 0.438. The van der Waals surface area contributed by atoms with E-state index >= 15 is 0 Å². The van der Waals surface area contributed by atoms with Crippen molar-refractivity contribution in [2.75, 3.05) is 17.7 Å². The largest absolute Gasteiger partial charge is 0.491 e. The summed E-state index contributed by atoms with van der Waals surface area (Å²) in [6.07, 6.45) is 2.46. The summed E-state index contributed by atoms with van der Waals surface area (Å²) in [5.74, 6) is 2.20. The van der Waals surface area contributed by atoms with Crippen molar-refractivity contribution in [1.29, 1.82) is 0 Å². The van der Waals surface area contributed by atoms with Crippen LogP contribution in [-0.2, 0) is 0 Å². The van der Waals surface area contributed by atoms with Crippen molar-refractivity contribution in [2.45, 2.75) is 38.6 Å². The highest BCUT2D eigenvalue weighted by molar-refractivity contribution is 7.10. The molecular formula is C16H21N3OS. The summed E-state index contributed by atoms with van der Waals surface area (Å²) >= 11 is 1.45. The minimum atomic E-state index is 0.212. The molecule has 0 bridgehead atoms. The summed E-state index contributed by atoms with van der Waals surface area (Å²) in [5.41, 5.74) is 8.41. The molecule has 1 aromatic heterocycles. The molecule has 1 aliphatic rings. The highest BCUT2D eigenvalue weighted by Gasteiger charge is 2.30. The molecule has 1 atom stereocenters. The van der Waals surface area contributed by atoms with Crippen LogP contribution in [0.15, 0.2) is 24.3 Å². The lowest BCUT2D eigenvalue weighted by molar-refractivity contribution is 0.304. The molecule has 4 nitrogen and oxygen atoms in total. The molecule has 1 saturated carbocycles. The van der Waals surface area contributed by atoms with Gasteiger partial charge in [0.05, 0.1) is 6.04 Å². The Bertz CT molecular complexity index is 604. The van der Waals surface area contributed by atoms with Gasteiger partial charge in [0.1, 0.15) is 23.2 Å². The Balaban J connectivity index is 1.56. The van der Waals surface area contributed by atoms with Crippen LogP contribution in [0.5, 0.6) is 5.75 Å². The molecule has 1 aliphatic carbocycles. The van der Waals surface area contributed by atoms with Crippen molar-refractivity contribution in [3.05, 3.63) is 35.4 Å². The number of hydrogen-bond donors (Lipinski definition) is 2. The minimum absolute atomic E-state index is 0.212. The van der Waals surface area contributed by atoms with E-state index in [1.54, 1.807) is 0 Å². The van der Waals surface area contributed by atoms with Gasteiger partial charge in [0, 0.05) is 5.56 Å². The molecule has 0 spiro atoms. The van der Waals surface area contributed by atoms with Crippen LogP contribution in [-0.4, -0.2) is 17.0 Å². The zero-order valence-electron chi connectivity index (χ0n) is 12.4. The van der Waals surface area contributed by atoms with Gasteiger partial charge in [-0.15, -0.1) is 0 Å². The van der Waals surface area contributed by atoms with Crippen LogP contribution in [0.4, 0.5) is 10.8 Å². The van der Waals surface area contributed by atoms with Crippen molar-refractivity contribution < 1.29 is 4.74 Å². The number of rotatable bonds is 6. The van der Waals surface area contributed by atoms with Crippen LogP contribution in [0, 0.1) is 6.92 Å². The molecule has 1 unspecified atom stereocenters. The van der Waals surface area contributed by atoms with Crippen LogP contribution in [0.1, 0.15) is 36.8 Å². The van der Waals surface area contributed by atoms with Crippen LogP contribution in [0.3, 0.4) is 0 Å². The topological polar surface area (TPSA) is 60.2 Å². The van der Waals surface area contributed by atoms with Gasteiger partial charge in [0.2, 0.25) is 0 Å². The molecule has 3 N–H and O–H groups in total. The van der Waals surface area contributed by atoms with E-state index in [1.807, 2.05) is 12.1 Å². The quantitative estimate of drug-likeness (QED) is 0.852. The fourth-order valence-corrected chi connectivity index (χ4v) is 3.21. The Labute approximate surface area is 129 Å². The molecular weight excluding hydrogens is 282 g/mol. The maximum atomic E-state index is 5.97. The van der Waals surface area contributed by atoms with Gasteiger partial charge >= 0.3 is 0 Å². The van der Waals surface area contributed by atoms with E-state index in [-0.39, 0.29) is 6.04 Å². The number of hydrogen-bond acceptors (Lipinski definition) is 5. The number of nitrogens with two attached hydrogens (primary N) is 1. The van der Waals surface area contributed by atoms with Crippen LogP contribution < -0.4 is 15.8 Å². The average Bonchev–Trinajstić information content (AvgIpc) is 3.23. The van der Waals surface area contributed by atoms with Gasteiger partial charge in [0.15, 0.2) is 0 Å². The van der Waals surface area contributed by atoms with E-state index in [0.717, 1.165) is 10.8 Å². The number of nitrogen functional groups attached to an aromatic ring is 1. The summed E-state index contributed by atoms with van der Waals surface area (Å²) in [6.45, 7) is 4.80. The van der Waals surface area contributed by atoms with Crippen molar-refractivity contribution in [1.82, 2.24) is 4.37 Å². The third-order valence-corrected chi connectivity index (χ3v) is 4.45. The van der Waals surface area contributed by atoms with Crippen LogP contribution in [0.25, 0.3) is 0 Å². The van der Waals surface area contributed by atoms with Gasteiger partial charge < -0.3 is 15.8 Å². The van der Waals surface area contributed by atoms with Gasteiger partial charge in [-0.3, -0.25) is 0 Å². The second-order valence-electron chi connectivity index (χ2n) is 5.75. The van der Waals surface area contributed by atoms with Gasteiger partial charge in [-0.2, -0.15) is 4.37 Å². The van der Waals surface area contributed by atoms with E-state index < -0.39 is 0 Å². The Hall–Kier alpha value is -1.75. The first-order valence-electron chi connectivity index (χ1n) is 7.34. The number of benzene rings is 1.